The molecule has 105 heavy (non-hydrogen) atoms. The number of nitrogens with one attached hydrogen (secondary N) is 2. The van der Waals surface area contributed by atoms with Gasteiger partial charge in [-0.1, -0.05) is 209 Å². The first kappa shape index (κ1) is 140. The summed E-state index contributed by atoms with van der Waals surface area (Å²) in [5, 5.41) is 30.5. The molecule has 0 aliphatic carbocycles. The Morgan fingerprint density at radius 2 is 0.610 bits per heavy atom. The molecule has 0 unspecified atom stereocenters. The summed E-state index contributed by atoms with van der Waals surface area (Å²) >= 11 is 5.64. The van der Waals surface area contributed by atoms with Gasteiger partial charge in [-0.25, -0.2) is 59.1 Å². The van der Waals surface area contributed by atoms with E-state index >= 15 is 0 Å². The molecule has 618 valence electrons. The highest BCUT2D eigenvalue weighted by Crippen LogP contribution is 2.27. The third-order valence-corrected chi connectivity index (χ3v) is 18.7. The van der Waals surface area contributed by atoms with Crippen molar-refractivity contribution in [2.24, 2.45) is 0 Å². The number of amides is 1. The van der Waals surface area contributed by atoms with Gasteiger partial charge in [0.25, 0.3) is 5.91 Å². The molecule has 8 heterocycles. The zero-order chi connectivity index (χ0) is 79.2. The van der Waals surface area contributed by atoms with Crippen LogP contribution in [0.2, 0.25) is 6.82 Å². The van der Waals surface area contributed by atoms with Gasteiger partial charge in [-0.15, -0.1) is 11.3 Å². The van der Waals surface area contributed by atoms with E-state index in [2.05, 4.69) is 47.8 Å². The summed E-state index contributed by atoms with van der Waals surface area (Å²) in [5.74, 6) is -0.583. The van der Waals surface area contributed by atoms with Crippen molar-refractivity contribution < 1.29 is 63.3 Å². The number of ketones is 2. The van der Waals surface area contributed by atoms with Crippen LogP contribution >= 0.6 is 56.0 Å². The zero-order valence-corrected chi connectivity index (χ0v) is 74.7. The number of sulfonamides is 3. The molecule has 4 aliphatic rings. The highest BCUT2D eigenvalue weighted by molar-refractivity contribution is 8.13. The lowest BCUT2D eigenvalue weighted by molar-refractivity contribution is 0.0710. The number of aromatic nitrogens is 4. The molecule has 4 saturated heterocycles. The molecule has 4 aliphatic heterocycles. The number of anilines is 4. The minimum absolute atomic E-state index is 0. The number of nitrogens with zero attached hydrogens (tertiary/aromatic N) is 11. The minimum Gasteiger partial charge on any atom is -0.427 e. The van der Waals surface area contributed by atoms with Crippen LogP contribution in [0.25, 0.3) is 0 Å². The number of thiazole rings is 4. The van der Waals surface area contributed by atoms with Crippen LogP contribution in [0.3, 0.4) is 0 Å². The number of aryl methyl sites for hydroxylation is 1. The summed E-state index contributed by atoms with van der Waals surface area (Å²) in [5.41, 5.74) is 1.55. The lowest BCUT2D eigenvalue weighted by Crippen LogP contribution is -2.48. The summed E-state index contributed by atoms with van der Waals surface area (Å²) in [7, 11) is -9.22. The van der Waals surface area contributed by atoms with E-state index in [-0.39, 0.29) is 67.5 Å². The Labute approximate surface area is 671 Å². The van der Waals surface area contributed by atoms with E-state index in [0.29, 0.717) is 98.3 Å². The Bertz CT molecular complexity index is 2860. The van der Waals surface area contributed by atoms with Crippen LogP contribution in [0.15, 0.2) is 24.8 Å². The van der Waals surface area contributed by atoms with Gasteiger partial charge >= 0.3 is 7.12 Å². The van der Waals surface area contributed by atoms with Crippen LogP contribution < -0.4 is 30.4 Å². The summed E-state index contributed by atoms with van der Waals surface area (Å²) in [6.45, 7) is 60.9. The van der Waals surface area contributed by atoms with Gasteiger partial charge in [0.15, 0.2) is 32.1 Å². The highest BCUT2D eigenvalue weighted by Gasteiger charge is 2.28. The Morgan fingerprint density at radius 3 is 0.790 bits per heavy atom. The summed E-state index contributed by atoms with van der Waals surface area (Å²) in [6.07, 6.45) is 11.0. The maximum Gasteiger partial charge on any atom is 0.448 e. The quantitative estimate of drug-likeness (QED) is 0.0324. The van der Waals surface area contributed by atoms with E-state index < -0.39 is 52.1 Å². The third kappa shape index (κ3) is 69.6. The Hall–Kier alpha value is -3.34. The van der Waals surface area contributed by atoms with Crippen LogP contribution in [0, 0.1) is 6.92 Å². The number of piperazine rings is 4. The Balaban J connectivity index is -0.0000000627. The molecule has 0 saturated carbocycles. The first-order chi connectivity index (χ1) is 46.3. The fourth-order valence-electron chi connectivity index (χ4n) is 6.70. The fourth-order valence-corrected chi connectivity index (χ4v) is 12.6. The maximum absolute atomic E-state index is 11.4. The van der Waals surface area contributed by atoms with E-state index in [1.165, 1.54) is 91.2 Å². The molecule has 5 N–H and O–H groups in total. The average Bonchev–Trinajstić information content (AvgIpc) is 1.81. The van der Waals surface area contributed by atoms with Crippen LogP contribution in [0.5, 0.6) is 0 Å². The second-order valence-electron chi connectivity index (χ2n) is 16.8. The number of carbonyl (C=O) groups excluding carboxylic acids is 3. The average molecular weight is 1660 g/mol. The van der Waals surface area contributed by atoms with Gasteiger partial charge in [-0.2, -0.15) is 12.9 Å². The normalized spacial score (nSPS) is 12.9. The van der Waals surface area contributed by atoms with Gasteiger partial charge in [0.1, 0.15) is 4.88 Å². The van der Waals surface area contributed by atoms with Crippen molar-refractivity contribution in [3.63, 3.8) is 0 Å². The number of carbonyl (C=O) groups is 3. The molecule has 41 heteroatoms. The van der Waals surface area contributed by atoms with Gasteiger partial charge in [-0.3, -0.25) is 19.6 Å². The van der Waals surface area contributed by atoms with E-state index in [0.717, 1.165) is 54.0 Å². The molecule has 8 rings (SSSR count). The zero-order valence-electron chi connectivity index (χ0n) is 67.4. The molecule has 4 fully saturated rings. The number of hydroxylamine groups is 1. The van der Waals surface area contributed by atoms with Gasteiger partial charge in [0.05, 0.1) is 53.4 Å². The van der Waals surface area contributed by atoms with Gasteiger partial charge in [0, 0.05) is 174 Å². The molecule has 12 radical (unpaired) electrons. The molecule has 4 aromatic rings. The van der Waals surface area contributed by atoms with E-state index in [1.807, 2.05) is 173 Å². The van der Waals surface area contributed by atoms with E-state index in [1.54, 1.807) is 29.2 Å². The second-order valence-corrected chi connectivity index (χ2v) is 30.1. The molecular formula is C64H143B5ClN13O14S8. The topological polar surface area (TPSA) is 347 Å². The number of hydrogen-bond acceptors (Lipinski definition) is 27. The van der Waals surface area contributed by atoms with Crippen molar-refractivity contribution in [3.8, 4) is 0 Å². The Kier molecular flexibility index (Phi) is 115. The standard InChI is InChI=1S/2C10H15N3O3S2.C9H14N4O4S2.C8H13N3S.11C2H6.CH5BO2.CH3ClO2S.3CH4.4B/c2*1-8(14)9-7-11-10(17-9)12-3-5-13(6-4-12)18(2,15)16;1-19(16,17)13-4-2-12(3-5-13)9-10-6-7(18-9)8(14)11-15;1-7-6-10-8(12-7)11-4-2-9-3-5-11;11*1-2;1-2(3)4;1-5(2,3)4;;;;;;;/h2*7H,3-6H2,1-2H3;6,15H,2-5H2,1H3,(H,11,14);6,9H,2-5H2,1H3;11*1-2H3;3-4H,1H3;1H3;3*1H4;;;;. The largest absolute Gasteiger partial charge is 0.448 e. The number of Topliss-reactive ketones (excluding diaryl/α,β-unsaturated/α-hetero) is 2. The second kappa shape index (κ2) is 86.3. The summed E-state index contributed by atoms with van der Waals surface area (Å²) < 4.78 is 91.4. The third-order valence-electron chi connectivity index (χ3n) is 10.4. The first-order valence-electron chi connectivity index (χ1n) is 33.8. The van der Waals surface area contributed by atoms with Crippen LogP contribution in [0.4, 0.5) is 20.5 Å². The van der Waals surface area contributed by atoms with Crippen molar-refractivity contribution in [2.45, 2.75) is 202 Å². The summed E-state index contributed by atoms with van der Waals surface area (Å²) in [4.78, 5) is 61.6. The fraction of sp³-hybridized carbons (Fsp3) is 0.766. The monoisotopic (exact) mass is 1660 g/mol. The minimum atomic E-state index is -3.19. The van der Waals surface area contributed by atoms with Crippen LogP contribution in [-0.4, -0.2) is 270 Å². The SMILES string of the molecule is C.C.C.CB(O)O.CC.CC.CC.CC.CC.CC.CC.CC.CC.CC.CC.CC(=O)c1cnc(N2CCN(S(C)(=O)=O)CC2)s1.CC(=O)c1cnc(N2CCN(S(C)(=O)=O)CC2)s1.CS(=O)(=O)Cl.CS(=O)(=O)N1CCN(c2ncc(C(=O)NO)s2)CC1.Cc1cnc(N2CCNCC2)s1.[B].[B].[B].[B]. The molecule has 27 nitrogen and oxygen atoms in total. The molecule has 0 bridgehead atoms. The van der Waals surface area contributed by atoms with Gasteiger partial charge < -0.3 is 35.0 Å². The molecule has 0 spiro atoms. The molecule has 0 aromatic carbocycles. The maximum atomic E-state index is 11.4. The molecule has 4 aromatic heterocycles. The van der Waals surface area contributed by atoms with Gasteiger partial charge in [-0.05, 0) is 13.7 Å². The lowest BCUT2D eigenvalue weighted by Gasteiger charge is -2.32. The van der Waals surface area contributed by atoms with Crippen molar-refractivity contribution in [1.82, 2.24) is 43.6 Å². The van der Waals surface area contributed by atoms with Crippen LogP contribution in [0.1, 0.15) is 222 Å². The highest BCUT2D eigenvalue weighted by atomic mass is 35.7. The van der Waals surface area contributed by atoms with Crippen LogP contribution in [-0.2, 0) is 39.1 Å². The molecular weight excluding hydrogens is 1520 g/mol. The molecule has 1 amide bonds. The summed E-state index contributed by atoms with van der Waals surface area (Å²) in [6, 6.07) is 0. The van der Waals surface area contributed by atoms with Crippen molar-refractivity contribution in [1.29, 1.82) is 0 Å². The predicted molar refractivity (Wildman–Crippen MR) is 468 cm³/mol. The smallest absolute Gasteiger partial charge is 0.427 e. The Morgan fingerprint density at radius 1 is 0.419 bits per heavy atom. The molecule has 0 atom stereocenters. The number of halogens is 1. The predicted octanol–water partition coefficient (Wildman–Crippen LogP) is 12.0. The van der Waals surface area contributed by atoms with E-state index in [9.17, 15) is 48.1 Å². The van der Waals surface area contributed by atoms with Crippen molar-refractivity contribution in [3.05, 3.63) is 44.3 Å². The van der Waals surface area contributed by atoms with Crippen molar-refractivity contribution in [2.75, 3.05) is 149 Å². The number of hydrogen-bond donors (Lipinski definition) is 5. The van der Waals surface area contributed by atoms with Crippen molar-refractivity contribution >= 4 is 174 Å². The van der Waals surface area contributed by atoms with Gasteiger partial charge in [0.2, 0.25) is 39.1 Å². The van der Waals surface area contributed by atoms with E-state index in [4.69, 9.17) is 15.3 Å². The first-order valence-corrected chi connectivity index (χ1v) is 45.4. The lowest BCUT2D eigenvalue weighted by atomic mass is 9.99. The number of rotatable bonds is 10.